The Balaban J connectivity index is 2.22. The minimum atomic E-state index is -0.518. The van der Waals surface area contributed by atoms with Gasteiger partial charge in [-0.2, -0.15) is 0 Å². The van der Waals surface area contributed by atoms with Crippen LogP contribution in [0.2, 0.25) is 0 Å². The van der Waals surface area contributed by atoms with Crippen molar-refractivity contribution in [1.29, 1.82) is 0 Å². The lowest BCUT2D eigenvalue weighted by Crippen LogP contribution is -2.44. The summed E-state index contributed by atoms with van der Waals surface area (Å²) in [6, 6.07) is 3.58. The highest BCUT2D eigenvalue weighted by Crippen LogP contribution is 2.37. The minimum absolute atomic E-state index is 0.0378. The normalized spacial score (nSPS) is 22.5. The number of carbonyl (C=O) groups excluding carboxylic acids is 2. The van der Waals surface area contributed by atoms with Crippen molar-refractivity contribution in [2.45, 2.75) is 52.2 Å². The van der Waals surface area contributed by atoms with Crippen molar-refractivity contribution in [2.24, 2.45) is 11.7 Å². The molecule has 6 heteroatoms. The molecule has 0 aromatic carbocycles. The quantitative estimate of drug-likeness (QED) is 0.904. The number of nitrogens with zero attached hydrogens (tertiary/aromatic N) is 1. The second-order valence-electron chi connectivity index (χ2n) is 6.90. The summed E-state index contributed by atoms with van der Waals surface area (Å²) < 4.78 is 5.53. The SMILES string of the molecule is CC1CCC(c2ccc(C(N)=O)s2)N(C(=O)OC(C)(C)C)C1. The van der Waals surface area contributed by atoms with E-state index in [-0.39, 0.29) is 12.1 Å². The zero-order chi connectivity index (χ0) is 16.5. The summed E-state index contributed by atoms with van der Waals surface area (Å²) in [7, 11) is 0. The van der Waals surface area contributed by atoms with Crippen molar-refractivity contribution >= 4 is 23.3 Å². The lowest BCUT2D eigenvalue weighted by atomic mass is 9.93. The van der Waals surface area contributed by atoms with Crippen LogP contribution in [-0.2, 0) is 4.74 Å². The molecule has 1 aromatic heterocycles. The van der Waals surface area contributed by atoms with E-state index in [0.29, 0.717) is 17.3 Å². The lowest BCUT2D eigenvalue weighted by molar-refractivity contribution is 0.00411. The number of ether oxygens (including phenoxy) is 1. The molecule has 22 heavy (non-hydrogen) atoms. The first kappa shape index (κ1) is 16.8. The van der Waals surface area contributed by atoms with Crippen LogP contribution in [0.4, 0.5) is 4.79 Å². The van der Waals surface area contributed by atoms with Gasteiger partial charge in [0, 0.05) is 11.4 Å². The van der Waals surface area contributed by atoms with Crippen molar-refractivity contribution in [2.75, 3.05) is 6.54 Å². The molecule has 1 aliphatic rings. The van der Waals surface area contributed by atoms with Gasteiger partial charge in [0.05, 0.1) is 10.9 Å². The third-order valence-corrected chi connectivity index (χ3v) is 4.84. The van der Waals surface area contributed by atoms with Crippen molar-refractivity contribution in [3.05, 3.63) is 21.9 Å². The summed E-state index contributed by atoms with van der Waals surface area (Å²) in [5, 5.41) is 0. The average molecular weight is 324 g/mol. The van der Waals surface area contributed by atoms with E-state index in [0.717, 1.165) is 17.7 Å². The van der Waals surface area contributed by atoms with Gasteiger partial charge in [0.15, 0.2) is 0 Å². The molecule has 2 atom stereocenters. The van der Waals surface area contributed by atoms with Gasteiger partial charge in [-0.15, -0.1) is 11.3 Å². The van der Waals surface area contributed by atoms with Gasteiger partial charge in [0.1, 0.15) is 5.60 Å². The molecule has 2 heterocycles. The first-order valence-electron chi connectivity index (χ1n) is 7.56. The fourth-order valence-electron chi connectivity index (χ4n) is 2.64. The van der Waals surface area contributed by atoms with Gasteiger partial charge in [-0.25, -0.2) is 4.79 Å². The Morgan fingerprint density at radius 3 is 2.55 bits per heavy atom. The maximum absolute atomic E-state index is 12.5. The first-order valence-corrected chi connectivity index (χ1v) is 8.38. The molecule has 0 saturated carbocycles. The van der Waals surface area contributed by atoms with Crippen LogP contribution in [0.15, 0.2) is 12.1 Å². The number of thiophene rings is 1. The third-order valence-electron chi connectivity index (χ3n) is 3.64. The van der Waals surface area contributed by atoms with Gasteiger partial charge >= 0.3 is 6.09 Å². The lowest BCUT2D eigenvalue weighted by Gasteiger charge is -2.38. The summed E-state index contributed by atoms with van der Waals surface area (Å²) in [4.78, 5) is 27.1. The Hall–Kier alpha value is -1.56. The predicted molar refractivity (Wildman–Crippen MR) is 86.9 cm³/mol. The van der Waals surface area contributed by atoms with E-state index in [1.165, 1.54) is 11.3 Å². The van der Waals surface area contributed by atoms with Gasteiger partial charge in [0.2, 0.25) is 0 Å². The molecule has 1 aliphatic heterocycles. The second-order valence-corrected chi connectivity index (χ2v) is 8.01. The summed E-state index contributed by atoms with van der Waals surface area (Å²) in [5.41, 5.74) is 4.80. The highest BCUT2D eigenvalue weighted by atomic mass is 32.1. The molecule has 122 valence electrons. The topological polar surface area (TPSA) is 72.6 Å². The molecule has 5 nitrogen and oxygen atoms in total. The maximum Gasteiger partial charge on any atom is 0.410 e. The zero-order valence-corrected chi connectivity index (χ0v) is 14.4. The van der Waals surface area contributed by atoms with Gasteiger partial charge in [-0.05, 0) is 51.7 Å². The fourth-order valence-corrected chi connectivity index (χ4v) is 3.64. The Morgan fingerprint density at radius 1 is 1.32 bits per heavy atom. The van der Waals surface area contributed by atoms with Crippen LogP contribution in [0.5, 0.6) is 0 Å². The van der Waals surface area contributed by atoms with Crippen molar-refractivity contribution in [1.82, 2.24) is 4.90 Å². The number of amides is 2. The van der Waals surface area contributed by atoms with E-state index in [4.69, 9.17) is 10.5 Å². The molecule has 0 spiro atoms. The second kappa shape index (κ2) is 6.28. The highest BCUT2D eigenvalue weighted by Gasteiger charge is 2.34. The smallest absolute Gasteiger partial charge is 0.410 e. The van der Waals surface area contributed by atoms with Crippen LogP contribution in [0.25, 0.3) is 0 Å². The number of primary amides is 1. The van der Waals surface area contributed by atoms with Gasteiger partial charge in [0.25, 0.3) is 5.91 Å². The Bertz CT molecular complexity index is 562. The Labute approximate surface area is 135 Å². The van der Waals surface area contributed by atoms with Gasteiger partial charge < -0.3 is 15.4 Å². The van der Waals surface area contributed by atoms with E-state index in [2.05, 4.69) is 6.92 Å². The molecule has 1 fully saturated rings. The van der Waals surface area contributed by atoms with Crippen LogP contribution in [0.1, 0.15) is 61.1 Å². The van der Waals surface area contributed by atoms with Crippen LogP contribution < -0.4 is 5.73 Å². The number of likely N-dealkylation sites (tertiary alicyclic amines) is 1. The summed E-state index contributed by atoms with van der Waals surface area (Å²) >= 11 is 1.36. The number of nitrogens with two attached hydrogens (primary N) is 1. The predicted octanol–water partition coefficient (Wildman–Crippen LogP) is 3.56. The molecule has 2 amide bonds. The molecule has 2 unspecified atom stereocenters. The van der Waals surface area contributed by atoms with E-state index >= 15 is 0 Å². The molecule has 2 N–H and O–H groups in total. The summed E-state index contributed by atoms with van der Waals surface area (Å²) in [5.74, 6) is 0.0172. The van der Waals surface area contributed by atoms with Crippen molar-refractivity contribution in [3.63, 3.8) is 0 Å². The number of hydrogen-bond donors (Lipinski definition) is 1. The largest absolute Gasteiger partial charge is 0.444 e. The molecule has 0 radical (unpaired) electrons. The van der Waals surface area contributed by atoms with Crippen LogP contribution in [0.3, 0.4) is 0 Å². The monoisotopic (exact) mass is 324 g/mol. The molecular weight excluding hydrogens is 300 g/mol. The van der Waals surface area contributed by atoms with Crippen LogP contribution in [0, 0.1) is 5.92 Å². The average Bonchev–Trinajstić information content (AvgIpc) is 2.86. The van der Waals surface area contributed by atoms with E-state index in [1.807, 2.05) is 26.8 Å². The minimum Gasteiger partial charge on any atom is -0.444 e. The molecular formula is C16H24N2O3S. The molecule has 1 saturated heterocycles. The van der Waals surface area contributed by atoms with Crippen molar-refractivity contribution < 1.29 is 14.3 Å². The van der Waals surface area contributed by atoms with Gasteiger partial charge in [-0.1, -0.05) is 6.92 Å². The third kappa shape index (κ3) is 4.00. The summed E-state index contributed by atoms with van der Waals surface area (Å²) in [6.45, 7) is 8.40. The standard InChI is InChI=1S/C16H24N2O3S/c1-10-5-6-11(12-7-8-13(22-12)14(17)19)18(9-10)15(20)21-16(2,3)4/h7-8,10-11H,5-6,9H2,1-4H3,(H2,17,19). The number of piperidine rings is 1. The van der Waals surface area contributed by atoms with E-state index < -0.39 is 11.5 Å². The molecule has 1 aromatic rings. The number of hydrogen-bond acceptors (Lipinski definition) is 4. The summed E-state index contributed by atoms with van der Waals surface area (Å²) in [6.07, 6.45) is 1.63. The van der Waals surface area contributed by atoms with E-state index in [1.54, 1.807) is 11.0 Å². The number of carbonyl (C=O) groups is 2. The maximum atomic E-state index is 12.5. The van der Waals surface area contributed by atoms with Crippen LogP contribution >= 0.6 is 11.3 Å². The highest BCUT2D eigenvalue weighted by molar-refractivity contribution is 7.14. The van der Waals surface area contributed by atoms with Crippen molar-refractivity contribution in [3.8, 4) is 0 Å². The van der Waals surface area contributed by atoms with Crippen LogP contribution in [-0.4, -0.2) is 29.0 Å². The Morgan fingerprint density at radius 2 is 2.00 bits per heavy atom. The molecule has 0 bridgehead atoms. The zero-order valence-electron chi connectivity index (χ0n) is 13.6. The number of rotatable bonds is 2. The first-order chi connectivity index (χ1) is 10.2. The fraction of sp³-hybridized carbons (Fsp3) is 0.625. The van der Waals surface area contributed by atoms with E-state index in [9.17, 15) is 9.59 Å². The molecule has 0 aliphatic carbocycles. The molecule has 2 rings (SSSR count). The Kier molecular flexibility index (Phi) is 4.80. The van der Waals surface area contributed by atoms with Gasteiger partial charge in [-0.3, -0.25) is 4.79 Å².